The molecule has 0 unspecified atom stereocenters. The van der Waals surface area contributed by atoms with Gasteiger partial charge >= 0.3 is 5.97 Å². The average molecular weight is 412 g/mol. The number of hydrogen-bond donors (Lipinski definition) is 1. The number of benzene rings is 1. The molecule has 30 heavy (non-hydrogen) atoms. The highest BCUT2D eigenvalue weighted by Crippen LogP contribution is 2.56. The molecule has 1 heterocycles. The van der Waals surface area contributed by atoms with Crippen LogP contribution in [0.1, 0.15) is 43.0 Å². The van der Waals surface area contributed by atoms with Gasteiger partial charge in [0.25, 0.3) is 5.91 Å². The second kappa shape index (κ2) is 8.01. The van der Waals surface area contributed by atoms with Gasteiger partial charge in [-0.1, -0.05) is 0 Å². The van der Waals surface area contributed by atoms with E-state index in [2.05, 4.69) is 5.32 Å². The minimum atomic E-state index is -0.641. The number of amides is 3. The normalized spacial score (nSPS) is 26.6. The summed E-state index contributed by atoms with van der Waals surface area (Å²) >= 11 is 0. The summed E-state index contributed by atoms with van der Waals surface area (Å²) in [6.45, 7) is 0.981. The molecule has 4 rings (SSSR count). The predicted octanol–water partition coefficient (Wildman–Crippen LogP) is 1.79. The van der Waals surface area contributed by atoms with Gasteiger partial charge in [0.05, 0.1) is 18.3 Å². The van der Waals surface area contributed by atoms with Gasteiger partial charge in [0.2, 0.25) is 11.8 Å². The molecule has 8 nitrogen and oxygen atoms in total. The molecule has 1 N–H and O–H groups in total. The number of hydrogen-bond acceptors (Lipinski definition) is 6. The molecule has 1 aromatic carbocycles. The minimum absolute atomic E-state index is 0.00291. The first-order valence-electron chi connectivity index (χ1n) is 10.3. The maximum Gasteiger partial charge on any atom is 0.308 e. The molecule has 3 fully saturated rings. The second-order valence-electron chi connectivity index (χ2n) is 8.31. The van der Waals surface area contributed by atoms with E-state index in [-0.39, 0.29) is 42.4 Å². The fraction of sp³-hybridized carbons (Fsp3) is 0.500. The SMILES string of the molecule is CC(=O)c1ccc(NC(=O)COC(=O)CCN2C(=O)[C@@H]3[C@@H]4CC[C@@H](C4)[C@@H]3C2=O)cc1. The zero-order valence-electron chi connectivity index (χ0n) is 16.8. The number of carbonyl (C=O) groups excluding carboxylic acids is 5. The van der Waals surface area contributed by atoms with E-state index in [4.69, 9.17) is 4.74 Å². The van der Waals surface area contributed by atoms with Crippen LogP contribution in [0.15, 0.2) is 24.3 Å². The zero-order valence-corrected chi connectivity index (χ0v) is 16.8. The number of anilines is 1. The molecule has 4 atom stereocenters. The quantitative estimate of drug-likeness (QED) is 0.415. The van der Waals surface area contributed by atoms with Crippen LogP contribution < -0.4 is 5.32 Å². The number of ether oxygens (including phenoxy) is 1. The van der Waals surface area contributed by atoms with Gasteiger partial charge in [-0.15, -0.1) is 0 Å². The van der Waals surface area contributed by atoms with E-state index >= 15 is 0 Å². The third-order valence-corrected chi connectivity index (χ3v) is 6.50. The molecule has 158 valence electrons. The molecule has 8 heteroatoms. The minimum Gasteiger partial charge on any atom is -0.456 e. The van der Waals surface area contributed by atoms with E-state index in [1.807, 2.05) is 0 Å². The fourth-order valence-corrected chi connectivity index (χ4v) is 5.10. The van der Waals surface area contributed by atoms with Gasteiger partial charge in [-0.2, -0.15) is 0 Å². The van der Waals surface area contributed by atoms with Crippen LogP contribution in [0.3, 0.4) is 0 Å². The van der Waals surface area contributed by atoms with Gasteiger partial charge in [-0.25, -0.2) is 0 Å². The van der Waals surface area contributed by atoms with Crippen LogP contribution in [0.25, 0.3) is 0 Å². The molecule has 1 saturated heterocycles. The highest BCUT2D eigenvalue weighted by molar-refractivity contribution is 6.06. The number of likely N-dealkylation sites (tertiary alicyclic amines) is 1. The highest BCUT2D eigenvalue weighted by atomic mass is 16.5. The van der Waals surface area contributed by atoms with Crippen molar-refractivity contribution < 1.29 is 28.7 Å². The molecule has 1 aromatic rings. The number of nitrogens with one attached hydrogen (secondary N) is 1. The average Bonchev–Trinajstić information content (AvgIpc) is 3.40. The van der Waals surface area contributed by atoms with Gasteiger partial charge in [-0.3, -0.25) is 28.9 Å². The van der Waals surface area contributed by atoms with E-state index in [9.17, 15) is 24.0 Å². The van der Waals surface area contributed by atoms with Crippen LogP contribution in [0.4, 0.5) is 5.69 Å². The molecule has 2 aliphatic carbocycles. The van der Waals surface area contributed by atoms with Crippen molar-refractivity contribution >= 4 is 35.2 Å². The second-order valence-corrected chi connectivity index (χ2v) is 8.31. The van der Waals surface area contributed by atoms with Crippen LogP contribution in [-0.4, -0.2) is 47.5 Å². The maximum absolute atomic E-state index is 12.6. The Labute approximate surface area is 173 Å². The van der Waals surface area contributed by atoms with Crippen molar-refractivity contribution in [3.63, 3.8) is 0 Å². The summed E-state index contributed by atoms with van der Waals surface area (Å²) < 4.78 is 4.96. The summed E-state index contributed by atoms with van der Waals surface area (Å²) in [5.74, 6) is -1.33. The summed E-state index contributed by atoms with van der Waals surface area (Å²) in [7, 11) is 0. The molecular weight excluding hydrogens is 388 g/mol. The number of Topliss-reactive ketones (excluding diaryl/α,β-unsaturated/α-hetero) is 1. The Morgan fingerprint density at radius 2 is 1.63 bits per heavy atom. The number of rotatable bonds is 7. The van der Waals surface area contributed by atoms with Crippen LogP contribution in [0, 0.1) is 23.7 Å². The Morgan fingerprint density at radius 1 is 1.03 bits per heavy atom. The number of ketones is 1. The van der Waals surface area contributed by atoms with Crippen LogP contribution in [-0.2, 0) is 23.9 Å². The number of nitrogens with zero attached hydrogens (tertiary/aromatic N) is 1. The summed E-state index contributed by atoms with van der Waals surface area (Å²) in [6.07, 6.45) is 2.85. The van der Waals surface area contributed by atoms with E-state index in [1.165, 1.54) is 11.8 Å². The first kappa shape index (κ1) is 20.3. The first-order valence-corrected chi connectivity index (χ1v) is 10.3. The van der Waals surface area contributed by atoms with Crippen molar-refractivity contribution in [2.75, 3.05) is 18.5 Å². The summed E-state index contributed by atoms with van der Waals surface area (Å²) in [5.41, 5.74) is 1.01. The first-order chi connectivity index (χ1) is 14.3. The molecular formula is C22H24N2O6. The smallest absolute Gasteiger partial charge is 0.308 e. The lowest BCUT2D eigenvalue weighted by molar-refractivity contribution is -0.149. The van der Waals surface area contributed by atoms with Gasteiger partial charge in [0.15, 0.2) is 12.4 Å². The van der Waals surface area contributed by atoms with Crippen LogP contribution in [0.5, 0.6) is 0 Å². The third kappa shape index (κ3) is 3.74. The maximum atomic E-state index is 12.6. The van der Waals surface area contributed by atoms with Crippen molar-refractivity contribution in [1.82, 2.24) is 4.90 Å². The van der Waals surface area contributed by atoms with E-state index < -0.39 is 18.5 Å². The predicted molar refractivity (Wildman–Crippen MR) is 105 cm³/mol. The Hall–Kier alpha value is -3.03. The van der Waals surface area contributed by atoms with Gasteiger partial charge in [0, 0.05) is 17.8 Å². The molecule has 1 aliphatic heterocycles. The fourth-order valence-electron chi connectivity index (χ4n) is 5.10. The summed E-state index contributed by atoms with van der Waals surface area (Å²) in [4.78, 5) is 61.6. The van der Waals surface area contributed by atoms with E-state index in [0.29, 0.717) is 23.1 Å². The molecule has 3 amide bonds. The van der Waals surface area contributed by atoms with Gasteiger partial charge in [0.1, 0.15) is 0 Å². The number of imide groups is 1. The Morgan fingerprint density at radius 3 is 2.20 bits per heavy atom. The van der Waals surface area contributed by atoms with Gasteiger partial charge in [-0.05, 0) is 62.3 Å². The molecule has 2 saturated carbocycles. The van der Waals surface area contributed by atoms with Crippen molar-refractivity contribution in [3.05, 3.63) is 29.8 Å². The topological polar surface area (TPSA) is 110 Å². The van der Waals surface area contributed by atoms with Crippen molar-refractivity contribution in [2.24, 2.45) is 23.7 Å². The van der Waals surface area contributed by atoms with Crippen molar-refractivity contribution in [3.8, 4) is 0 Å². The number of carbonyl (C=O) groups is 5. The Balaban J connectivity index is 1.21. The van der Waals surface area contributed by atoms with Gasteiger partial charge < -0.3 is 10.1 Å². The lowest BCUT2D eigenvalue weighted by Gasteiger charge is -2.19. The number of esters is 1. The standard InChI is InChI=1S/C22H24N2O6/c1-12(25)13-4-6-16(7-5-13)23-17(26)11-30-18(27)8-9-24-21(28)19-14-2-3-15(10-14)20(19)22(24)29/h4-7,14-15,19-20H,2-3,8-11H2,1H3,(H,23,26)/t14-,15+,19-,20+. The van der Waals surface area contributed by atoms with E-state index in [1.54, 1.807) is 24.3 Å². The lowest BCUT2D eigenvalue weighted by atomic mass is 9.81. The molecule has 0 radical (unpaired) electrons. The highest BCUT2D eigenvalue weighted by Gasteiger charge is 2.60. The molecule has 0 spiro atoms. The summed E-state index contributed by atoms with van der Waals surface area (Å²) in [5, 5.41) is 2.57. The molecule has 0 aromatic heterocycles. The lowest BCUT2D eigenvalue weighted by Crippen LogP contribution is -2.35. The van der Waals surface area contributed by atoms with E-state index in [0.717, 1.165) is 19.3 Å². The van der Waals surface area contributed by atoms with Crippen molar-refractivity contribution in [1.29, 1.82) is 0 Å². The monoisotopic (exact) mass is 412 g/mol. The Bertz CT molecular complexity index is 881. The molecule has 3 aliphatic rings. The Kier molecular flexibility index (Phi) is 5.40. The largest absolute Gasteiger partial charge is 0.456 e. The zero-order chi connectivity index (χ0) is 21.4. The van der Waals surface area contributed by atoms with Crippen molar-refractivity contribution in [2.45, 2.75) is 32.6 Å². The van der Waals surface area contributed by atoms with Crippen LogP contribution in [0.2, 0.25) is 0 Å². The molecule has 2 bridgehead atoms. The van der Waals surface area contributed by atoms with Crippen LogP contribution >= 0.6 is 0 Å². The summed E-state index contributed by atoms with van der Waals surface area (Å²) in [6, 6.07) is 6.36. The number of fused-ring (bicyclic) bond motifs is 5. The third-order valence-electron chi connectivity index (χ3n) is 6.50.